The van der Waals surface area contributed by atoms with Crippen LogP contribution < -0.4 is 5.32 Å². The maximum Gasteiger partial charge on any atom is 0.238 e. The summed E-state index contributed by atoms with van der Waals surface area (Å²) in [6.45, 7) is 2.65. The lowest BCUT2D eigenvalue weighted by Crippen LogP contribution is -2.38. The molecule has 21 heavy (non-hydrogen) atoms. The Hall–Kier alpha value is -1.82. The number of benzene rings is 1. The van der Waals surface area contributed by atoms with E-state index in [1.807, 2.05) is 18.3 Å². The molecule has 0 saturated heterocycles. The van der Waals surface area contributed by atoms with Crippen molar-refractivity contribution in [3.8, 4) is 0 Å². The first-order valence-electron chi connectivity index (χ1n) is 6.90. The van der Waals surface area contributed by atoms with Gasteiger partial charge >= 0.3 is 0 Å². The molecule has 0 radical (unpaired) electrons. The Bertz CT molecular complexity index is 734. The lowest BCUT2D eigenvalue weighted by atomic mass is 10.2. The van der Waals surface area contributed by atoms with Crippen LogP contribution in [0.3, 0.4) is 0 Å². The molecule has 0 aliphatic heterocycles. The minimum absolute atomic E-state index is 0.435. The summed E-state index contributed by atoms with van der Waals surface area (Å²) < 4.78 is 24.7. The number of sulfone groups is 1. The summed E-state index contributed by atoms with van der Waals surface area (Å²) in [7, 11) is -3.33. The molecule has 2 aromatic rings. The van der Waals surface area contributed by atoms with E-state index in [1.165, 1.54) is 12.3 Å². The number of rotatable bonds is 6. The van der Waals surface area contributed by atoms with Gasteiger partial charge in [0.1, 0.15) is 5.25 Å². The average molecular weight is 308 g/mol. The summed E-state index contributed by atoms with van der Waals surface area (Å²) in [5, 5.41) is 2.86. The number of carbonyl (C=O) groups is 1. The highest BCUT2D eigenvalue weighted by molar-refractivity contribution is 7.92. The number of aryl methyl sites for hydroxylation is 1. The fourth-order valence-electron chi connectivity index (χ4n) is 2.13. The number of nitrogens with one attached hydrogen (secondary N) is 1. The molecule has 1 N–H and O–H groups in total. The van der Waals surface area contributed by atoms with Crippen LogP contribution in [0.5, 0.6) is 0 Å². The maximum atomic E-state index is 11.7. The Morgan fingerprint density at radius 2 is 2.00 bits per heavy atom. The highest BCUT2D eigenvalue weighted by atomic mass is 32.2. The molecule has 1 heterocycles. The number of hydrogen-bond donors (Lipinski definition) is 1. The van der Waals surface area contributed by atoms with E-state index in [2.05, 4.69) is 28.1 Å². The van der Waals surface area contributed by atoms with Gasteiger partial charge in [-0.25, -0.2) is 8.42 Å². The van der Waals surface area contributed by atoms with Crippen LogP contribution in [0.25, 0.3) is 10.9 Å². The summed E-state index contributed by atoms with van der Waals surface area (Å²) in [6.07, 6.45) is 3.84. The predicted octanol–water partition coefficient (Wildman–Crippen LogP) is 1.58. The Labute approximate surface area is 124 Å². The van der Waals surface area contributed by atoms with E-state index in [4.69, 9.17) is 0 Å². The number of aromatic nitrogens is 1. The first-order valence-corrected chi connectivity index (χ1v) is 8.85. The average Bonchev–Trinajstić information content (AvgIpc) is 2.85. The molecular weight excluding hydrogens is 288 g/mol. The van der Waals surface area contributed by atoms with Crippen LogP contribution >= 0.6 is 0 Å². The quantitative estimate of drug-likeness (QED) is 0.824. The molecule has 5 nitrogen and oxygen atoms in total. The number of nitrogens with zero attached hydrogens (tertiary/aromatic N) is 1. The molecule has 2 rings (SSSR count). The molecule has 0 saturated carbocycles. The van der Waals surface area contributed by atoms with Gasteiger partial charge < -0.3 is 9.88 Å². The van der Waals surface area contributed by atoms with Crippen molar-refractivity contribution in [2.75, 3.05) is 12.8 Å². The Kier molecular flexibility index (Phi) is 4.67. The molecule has 1 aromatic carbocycles. The fourth-order valence-corrected chi connectivity index (χ4v) is 2.61. The lowest BCUT2D eigenvalue weighted by molar-refractivity contribution is -0.120. The molecule has 0 spiro atoms. The van der Waals surface area contributed by atoms with Crippen molar-refractivity contribution in [3.05, 3.63) is 36.5 Å². The number of fused-ring (bicyclic) bond motifs is 1. The van der Waals surface area contributed by atoms with Crippen LogP contribution in [0, 0.1) is 0 Å². The zero-order valence-electron chi connectivity index (χ0n) is 12.2. The minimum Gasteiger partial charge on any atom is -0.355 e. The third-order valence-corrected chi connectivity index (χ3v) is 5.07. The van der Waals surface area contributed by atoms with Crippen LogP contribution in [0.2, 0.25) is 0 Å². The van der Waals surface area contributed by atoms with Crippen molar-refractivity contribution >= 4 is 26.6 Å². The normalized spacial score (nSPS) is 13.2. The van der Waals surface area contributed by atoms with Crippen molar-refractivity contribution in [2.45, 2.75) is 25.1 Å². The smallest absolute Gasteiger partial charge is 0.238 e. The molecule has 0 aliphatic carbocycles. The molecule has 0 fully saturated rings. The number of para-hydroxylation sites is 1. The van der Waals surface area contributed by atoms with Gasteiger partial charge in [0.25, 0.3) is 0 Å². The number of hydrogen-bond acceptors (Lipinski definition) is 3. The Balaban J connectivity index is 1.84. The summed E-state index contributed by atoms with van der Waals surface area (Å²) in [5.41, 5.74) is 1.16. The van der Waals surface area contributed by atoms with Crippen molar-refractivity contribution in [2.24, 2.45) is 0 Å². The Morgan fingerprint density at radius 1 is 1.29 bits per heavy atom. The van der Waals surface area contributed by atoms with Gasteiger partial charge in [-0.1, -0.05) is 18.2 Å². The third kappa shape index (κ3) is 3.85. The second kappa shape index (κ2) is 6.30. The second-order valence-corrected chi connectivity index (χ2v) is 7.55. The van der Waals surface area contributed by atoms with E-state index < -0.39 is 21.0 Å². The van der Waals surface area contributed by atoms with Gasteiger partial charge in [-0.15, -0.1) is 0 Å². The van der Waals surface area contributed by atoms with E-state index in [-0.39, 0.29) is 0 Å². The SMILES string of the molecule is CC(C(=O)NCCCn1ccc2ccccc21)S(C)(=O)=O. The maximum absolute atomic E-state index is 11.7. The third-order valence-electron chi connectivity index (χ3n) is 3.57. The van der Waals surface area contributed by atoms with Crippen molar-refractivity contribution in [1.82, 2.24) is 9.88 Å². The van der Waals surface area contributed by atoms with Crippen LogP contribution in [0.4, 0.5) is 0 Å². The van der Waals surface area contributed by atoms with E-state index >= 15 is 0 Å². The predicted molar refractivity (Wildman–Crippen MR) is 83.9 cm³/mol. The van der Waals surface area contributed by atoms with Crippen molar-refractivity contribution in [1.29, 1.82) is 0 Å². The molecule has 0 aliphatic rings. The standard InChI is InChI=1S/C15H20N2O3S/c1-12(21(2,19)20)15(18)16-9-5-10-17-11-8-13-6-3-4-7-14(13)17/h3-4,6-8,11-12H,5,9-10H2,1-2H3,(H,16,18). The molecule has 1 amide bonds. The summed E-state index contributed by atoms with van der Waals surface area (Å²) in [4.78, 5) is 11.7. The topological polar surface area (TPSA) is 68.2 Å². The molecule has 0 bridgehead atoms. The second-order valence-electron chi connectivity index (χ2n) is 5.18. The van der Waals surface area contributed by atoms with Crippen molar-refractivity contribution in [3.63, 3.8) is 0 Å². The van der Waals surface area contributed by atoms with Crippen LogP contribution in [-0.4, -0.2) is 36.9 Å². The van der Waals surface area contributed by atoms with E-state index in [0.29, 0.717) is 6.54 Å². The summed E-state index contributed by atoms with van der Waals surface area (Å²) in [6, 6.07) is 10.2. The van der Waals surface area contributed by atoms with E-state index in [1.54, 1.807) is 0 Å². The molecule has 1 aromatic heterocycles. The zero-order chi connectivity index (χ0) is 15.5. The largest absolute Gasteiger partial charge is 0.355 e. The van der Waals surface area contributed by atoms with Crippen LogP contribution in [0.15, 0.2) is 36.5 Å². The highest BCUT2D eigenvalue weighted by Crippen LogP contribution is 2.15. The van der Waals surface area contributed by atoms with Gasteiger partial charge in [-0.05, 0) is 30.9 Å². The highest BCUT2D eigenvalue weighted by Gasteiger charge is 2.22. The van der Waals surface area contributed by atoms with Gasteiger partial charge in [0.2, 0.25) is 5.91 Å². The van der Waals surface area contributed by atoms with Gasteiger partial charge in [0, 0.05) is 31.1 Å². The monoisotopic (exact) mass is 308 g/mol. The molecular formula is C15H20N2O3S. The molecule has 6 heteroatoms. The molecule has 114 valence electrons. The lowest BCUT2D eigenvalue weighted by Gasteiger charge is -2.11. The minimum atomic E-state index is -3.33. The number of carbonyl (C=O) groups excluding carboxylic acids is 1. The van der Waals surface area contributed by atoms with Gasteiger partial charge in [-0.3, -0.25) is 4.79 Å². The fraction of sp³-hybridized carbons (Fsp3) is 0.400. The first-order chi connectivity index (χ1) is 9.89. The summed E-state index contributed by atoms with van der Waals surface area (Å²) >= 11 is 0. The van der Waals surface area contributed by atoms with Crippen LogP contribution in [0.1, 0.15) is 13.3 Å². The van der Waals surface area contributed by atoms with Gasteiger partial charge in [0.05, 0.1) is 0 Å². The summed E-state index contributed by atoms with van der Waals surface area (Å²) in [5.74, 6) is -0.435. The van der Waals surface area contributed by atoms with Crippen LogP contribution in [-0.2, 0) is 21.2 Å². The van der Waals surface area contributed by atoms with E-state index in [9.17, 15) is 13.2 Å². The Morgan fingerprint density at radius 3 is 2.71 bits per heavy atom. The van der Waals surface area contributed by atoms with Gasteiger partial charge in [0.15, 0.2) is 9.84 Å². The first kappa shape index (κ1) is 15.6. The molecule has 1 atom stereocenters. The van der Waals surface area contributed by atoms with Crippen molar-refractivity contribution < 1.29 is 13.2 Å². The molecule has 1 unspecified atom stereocenters. The zero-order valence-corrected chi connectivity index (χ0v) is 13.1. The van der Waals surface area contributed by atoms with E-state index in [0.717, 1.165) is 24.7 Å². The number of amides is 1. The van der Waals surface area contributed by atoms with Gasteiger partial charge in [-0.2, -0.15) is 0 Å².